The molecule has 2 aliphatic rings. The van der Waals surface area contributed by atoms with Crippen LogP contribution in [-0.2, 0) is 11.3 Å². The van der Waals surface area contributed by atoms with Crippen LogP contribution in [0, 0.1) is 11.7 Å². The number of hydrogen-bond donors (Lipinski definition) is 0. The van der Waals surface area contributed by atoms with Crippen LogP contribution in [0.2, 0.25) is 0 Å². The van der Waals surface area contributed by atoms with Gasteiger partial charge in [-0.3, -0.25) is 9.59 Å². The highest BCUT2D eigenvalue weighted by molar-refractivity contribution is 6.01. The van der Waals surface area contributed by atoms with Gasteiger partial charge in [0, 0.05) is 25.2 Å². The average molecular weight is 487 g/mol. The third kappa shape index (κ3) is 4.60. The molecule has 186 valence electrons. The lowest BCUT2D eigenvalue weighted by Gasteiger charge is -2.44. The molecule has 0 aliphatic carbocycles. The van der Waals surface area contributed by atoms with Crippen LogP contribution in [0.25, 0.3) is 0 Å². The summed E-state index contributed by atoms with van der Waals surface area (Å²) in [4.78, 5) is 31.8. The summed E-state index contributed by atoms with van der Waals surface area (Å²) in [5.74, 6) is 0.356. The number of benzene rings is 3. The Morgan fingerprint density at radius 2 is 1.64 bits per heavy atom. The van der Waals surface area contributed by atoms with Crippen LogP contribution < -0.4 is 4.74 Å². The Hall–Kier alpha value is -3.67. The molecule has 0 N–H and O–H groups in total. The minimum atomic E-state index is -0.541. The van der Waals surface area contributed by atoms with Gasteiger partial charge < -0.3 is 14.5 Å². The molecule has 0 aromatic heterocycles. The van der Waals surface area contributed by atoms with Gasteiger partial charge in [-0.25, -0.2) is 4.39 Å². The van der Waals surface area contributed by atoms with E-state index in [1.54, 1.807) is 30.2 Å². The quantitative estimate of drug-likeness (QED) is 0.474. The highest BCUT2D eigenvalue weighted by Crippen LogP contribution is 2.45. The van der Waals surface area contributed by atoms with Crippen LogP contribution in [0.5, 0.6) is 5.75 Å². The molecule has 5 nitrogen and oxygen atoms in total. The maximum absolute atomic E-state index is 14.2. The van der Waals surface area contributed by atoms with Gasteiger partial charge in [0.05, 0.1) is 19.1 Å². The van der Waals surface area contributed by atoms with Gasteiger partial charge in [0.15, 0.2) is 0 Å². The predicted octanol–water partition coefficient (Wildman–Crippen LogP) is 5.57. The highest BCUT2D eigenvalue weighted by atomic mass is 19.1. The Morgan fingerprint density at radius 3 is 2.31 bits per heavy atom. The number of carbonyl (C=O) groups is 2. The zero-order valence-electron chi connectivity index (χ0n) is 20.7. The second kappa shape index (κ2) is 10.1. The van der Waals surface area contributed by atoms with E-state index in [0.29, 0.717) is 17.2 Å². The number of rotatable bonds is 5. The molecule has 1 saturated heterocycles. The predicted molar refractivity (Wildman–Crippen MR) is 136 cm³/mol. The molecule has 0 bridgehead atoms. The molecule has 3 aromatic carbocycles. The lowest BCUT2D eigenvalue weighted by Crippen LogP contribution is -2.49. The zero-order chi connectivity index (χ0) is 25.2. The fourth-order valence-corrected chi connectivity index (χ4v) is 5.42. The van der Waals surface area contributed by atoms with Crippen molar-refractivity contribution in [3.8, 4) is 5.75 Å². The van der Waals surface area contributed by atoms with Gasteiger partial charge in [-0.2, -0.15) is 0 Å². The molecule has 2 heterocycles. The maximum atomic E-state index is 14.2. The van der Waals surface area contributed by atoms with Gasteiger partial charge in [0.1, 0.15) is 11.6 Å². The minimum absolute atomic E-state index is 0.0479. The number of carbonyl (C=O) groups excluding carboxylic acids is 2. The van der Waals surface area contributed by atoms with Crippen molar-refractivity contribution >= 4 is 11.8 Å². The van der Waals surface area contributed by atoms with Crippen molar-refractivity contribution in [2.45, 2.75) is 38.3 Å². The first-order chi connectivity index (χ1) is 17.5. The molecule has 3 aromatic rings. The van der Waals surface area contributed by atoms with Crippen LogP contribution in [-0.4, -0.2) is 41.8 Å². The number of ether oxygens (including phenoxy) is 1. The molecule has 0 unspecified atom stereocenters. The summed E-state index contributed by atoms with van der Waals surface area (Å²) in [5, 5.41) is 0. The van der Waals surface area contributed by atoms with Crippen LogP contribution in [0.1, 0.15) is 58.8 Å². The standard InChI is InChI=1S/C30H31FN2O3/c1-20-15-17-32(18-16-20)30(35)27-25-5-3-4-6-26(25)29(34)33(19-21-7-11-23(31)12-8-21)28(27)22-9-13-24(36-2)14-10-22/h3-14,20,27-28H,15-19H2,1-2H3/t27-,28-/m1/s1. The van der Waals surface area contributed by atoms with Crippen LogP contribution in [0.3, 0.4) is 0 Å². The molecule has 6 heteroatoms. The first-order valence-electron chi connectivity index (χ1n) is 12.5. The molecule has 2 aliphatic heterocycles. The Morgan fingerprint density at radius 1 is 0.972 bits per heavy atom. The van der Waals surface area contributed by atoms with Gasteiger partial charge in [-0.05, 0) is 65.8 Å². The van der Waals surface area contributed by atoms with E-state index >= 15 is 0 Å². The average Bonchev–Trinajstić information content (AvgIpc) is 2.91. The number of nitrogens with zero attached hydrogens (tertiary/aromatic N) is 2. The Labute approximate surface area is 211 Å². The summed E-state index contributed by atoms with van der Waals surface area (Å²) in [6.07, 6.45) is 1.96. The monoisotopic (exact) mass is 486 g/mol. The van der Waals surface area contributed by atoms with Gasteiger partial charge in [-0.15, -0.1) is 0 Å². The lowest BCUT2D eigenvalue weighted by atomic mass is 9.78. The summed E-state index contributed by atoms with van der Waals surface area (Å²) in [6.45, 7) is 3.94. The van der Waals surface area contributed by atoms with Crippen molar-refractivity contribution in [2.24, 2.45) is 5.92 Å². The van der Waals surface area contributed by atoms with Crippen molar-refractivity contribution in [1.29, 1.82) is 0 Å². The molecule has 2 atom stereocenters. The molecule has 0 spiro atoms. The van der Waals surface area contributed by atoms with E-state index in [2.05, 4.69) is 6.92 Å². The molecule has 5 rings (SSSR count). The van der Waals surface area contributed by atoms with E-state index < -0.39 is 12.0 Å². The van der Waals surface area contributed by atoms with Crippen molar-refractivity contribution in [1.82, 2.24) is 9.80 Å². The number of piperidine rings is 1. The molecular weight excluding hydrogens is 455 g/mol. The third-order valence-corrected chi connectivity index (χ3v) is 7.52. The maximum Gasteiger partial charge on any atom is 0.255 e. The molecule has 0 saturated carbocycles. The third-order valence-electron chi connectivity index (χ3n) is 7.52. The fourth-order valence-electron chi connectivity index (χ4n) is 5.42. The first kappa shape index (κ1) is 24.0. The van der Waals surface area contributed by atoms with E-state index in [-0.39, 0.29) is 24.2 Å². The van der Waals surface area contributed by atoms with E-state index in [4.69, 9.17) is 4.74 Å². The summed E-state index contributed by atoms with van der Waals surface area (Å²) in [5.41, 5.74) is 2.99. The number of methoxy groups -OCH3 is 1. The molecule has 2 amide bonds. The topological polar surface area (TPSA) is 49.9 Å². The van der Waals surface area contributed by atoms with Crippen molar-refractivity contribution < 1.29 is 18.7 Å². The molecule has 0 radical (unpaired) electrons. The number of halogens is 1. The summed E-state index contributed by atoms with van der Waals surface area (Å²) in [7, 11) is 1.61. The second-order valence-corrected chi connectivity index (χ2v) is 9.85. The lowest BCUT2D eigenvalue weighted by molar-refractivity contribution is -0.136. The second-order valence-electron chi connectivity index (χ2n) is 9.85. The van der Waals surface area contributed by atoms with E-state index in [1.165, 1.54) is 12.1 Å². The zero-order valence-corrected chi connectivity index (χ0v) is 20.7. The summed E-state index contributed by atoms with van der Waals surface area (Å²) >= 11 is 0. The van der Waals surface area contributed by atoms with E-state index in [9.17, 15) is 14.0 Å². The molecule has 36 heavy (non-hydrogen) atoms. The van der Waals surface area contributed by atoms with Crippen LogP contribution >= 0.6 is 0 Å². The van der Waals surface area contributed by atoms with Crippen molar-refractivity contribution in [2.75, 3.05) is 20.2 Å². The van der Waals surface area contributed by atoms with Crippen molar-refractivity contribution in [3.63, 3.8) is 0 Å². The normalized spacial score (nSPS) is 20.2. The van der Waals surface area contributed by atoms with Crippen LogP contribution in [0.15, 0.2) is 72.8 Å². The SMILES string of the molecule is COc1ccc([C@@H]2[C@H](C(=O)N3CCC(C)CC3)c3ccccc3C(=O)N2Cc2ccc(F)cc2)cc1. The number of fused-ring (bicyclic) bond motifs is 1. The van der Waals surface area contributed by atoms with Gasteiger partial charge >= 0.3 is 0 Å². The van der Waals surface area contributed by atoms with Gasteiger partial charge in [0.25, 0.3) is 5.91 Å². The number of amides is 2. The fraction of sp³-hybridized carbons (Fsp3) is 0.333. The van der Waals surface area contributed by atoms with Crippen molar-refractivity contribution in [3.05, 3.63) is 101 Å². The van der Waals surface area contributed by atoms with E-state index in [0.717, 1.165) is 42.6 Å². The molecular formula is C30H31FN2O3. The minimum Gasteiger partial charge on any atom is -0.497 e. The van der Waals surface area contributed by atoms with E-state index in [1.807, 2.05) is 47.4 Å². The largest absolute Gasteiger partial charge is 0.497 e. The highest BCUT2D eigenvalue weighted by Gasteiger charge is 2.45. The Kier molecular flexibility index (Phi) is 6.77. The summed E-state index contributed by atoms with van der Waals surface area (Å²) in [6, 6.07) is 20.7. The van der Waals surface area contributed by atoms with Gasteiger partial charge in [-0.1, -0.05) is 49.4 Å². The van der Waals surface area contributed by atoms with Crippen LogP contribution in [0.4, 0.5) is 4.39 Å². The van der Waals surface area contributed by atoms with Gasteiger partial charge in [0.2, 0.25) is 5.91 Å². The Bertz CT molecular complexity index is 1230. The summed E-state index contributed by atoms with van der Waals surface area (Å²) < 4.78 is 19.0. The number of hydrogen-bond acceptors (Lipinski definition) is 3. The molecule has 1 fully saturated rings. The number of likely N-dealkylation sites (tertiary alicyclic amines) is 1. The smallest absolute Gasteiger partial charge is 0.255 e. The Balaban J connectivity index is 1.62. The first-order valence-corrected chi connectivity index (χ1v) is 12.5.